The van der Waals surface area contributed by atoms with Gasteiger partial charge in [0.25, 0.3) is 0 Å². The fourth-order valence-electron chi connectivity index (χ4n) is 1.60. The van der Waals surface area contributed by atoms with Gasteiger partial charge in [-0.25, -0.2) is 9.67 Å². The van der Waals surface area contributed by atoms with E-state index in [9.17, 15) is 0 Å². The zero-order chi connectivity index (χ0) is 12.4. The number of halogens is 1. The smallest absolute Gasteiger partial charge is 0.222 e. The molecule has 0 aliphatic carbocycles. The Bertz CT molecular complexity index is 535. The minimum absolute atomic E-state index is 0.249. The summed E-state index contributed by atoms with van der Waals surface area (Å²) in [6.45, 7) is 4.17. The number of anilines is 1. The van der Waals surface area contributed by atoms with Crippen molar-refractivity contribution < 1.29 is 0 Å². The first-order chi connectivity index (χ1) is 8.15. The van der Waals surface area contributed by atoms with Crippen molar-refractivity contribution in [1.29, 1.82) is 0 Å². The quantitative estimate of drug-likeness (QED) is 0.942. The Kier molecular flexibility index (Phi) is 3.42. The van der Waals surface area contributed by atoms with Crippen LogP contribution in [-0.2, 0) is 12.8 Å². The normalized spacial score (nSPS) is 10.8. The average molecular weight is 296 g/mol. The molecule has 17 heavy (non-hydrogen) atoms. The molecule has 0 aliphatic heterocycles. The Balaban J connectivity index is 2.58. The highest BCUT2D eigenvalue weighted by molar-refractivity contribution is 9.10. The fourth-order valence-corrected chi connectivity index (χ4v) is 1.96. The third-order valence-corrected chi connectivity index (χ3v) is 3.06. The molecule has 6 heteroatoms. The van der Waals surface area contributed by atoms with Crippen molar-refractivity contribution in [3.8, 4) is 5.82 Å². The summed E-state index contributed by atoms with van der Waals surface area (Å²) < 4.78 is 2.60. The van der Waals surface area contributed by atoms with Crippen LogP contribution >= 0.6 is 15.9 Å². The summed E-state index contributed by atoms with van der Waals surface area (Å²) in [6, 6.07) is 2.09. The molecule has 2 heterocycles. The van der Waals surface area contributed by atoms with Gasteiger partial charge in [0.05, 0.1) is 10.2 Å². The molecule has 0 spiro atoms. The first-order valence-corrected chi connectivity index (χ1v) is 6.31. The van der Waals surface area contributed by atoms with E-state index in [2.05, 4.69) is 50.9 Å². The molecular weight excluding hydrogens is 282 g/mol. The Morgan fingerprint density at radius 2 is 2.12 bits per heavy atom. The van der Waals surface area contributed by atoms with Gasteiger partial charge in [-0.05, 0) is 34.8 Å². The number of hydrogen-bond acceptors (Lipinski definition) is 4. The predicted octanol–water partition coefficient (Wildman–Crippen LogP) is 2.13. The minimum atomic E-state index is 0.249. The van der Waals surface area contributed by atoms with E-state index >= 15 is 0 Å². The van der Waals surface area contributed by atoms with E-state index in [4.69, 9.17) is 5.73 Å². The molecule has 0 unspecified atom stereocenters. The van der Waals surface area contributed by atoms with Gasteiger partial charge < -0.3 is 5.73 Å². The SMILES string of the molecule is CCc1cc(CC)n(-c2nc(N)ncc2Br)n1. The number of nitrogens with two attached hydrogens (primary N) is 1. The van der Waals surface area contributed by atoms with Crippen molar-refractivity contribution >= 4 is 21.9 Å². The molecule has 90 valence electrons. The summed E-state index contributed by atoms with van der Waals surface area (Å²) in [7, 11) is 0. The Hall–Kier alpha value is -1.43. The standard InChI is InChI=1S/C11H14BrN5/c1-3-7-5-8(4-2)17(16-7)10-9(12)6-14-11(13)15-10/h5-6H,3-4H2,1-2H3,(H2,13,14,15). The van der Waals surface area contributed by atoms with Gasteiger partial charge >= 0.3 is 0 Å². The van der Waals surface area contributed by atoms with Crippen LogP contribution in [0.4, 0.5) is 5.95 Å². The van der Waals surface area contributed by atoms with Gasteiger partial charge in [0.1, 0.15) is 0 Å². The number of hydrogen-bond donors (Lipinski definition) is 1. The van der Waals surface area contributed by atoms with Gasteiger partial charge in [-0.3, -0.25) is 0 Å². The number of aryl methyl sites for hydroxylation is 2. The monoisotopic (exact) mass is 295 g/mol. The summed E-state index contributed by atoms with van der Waals surface area (Å²) in [5.74, 6) is 0.938. The van der Waals surface area contributed by atoms with Crippen LogP contribution < -0.4 is 5.73 Å². The van der Waals surface area contributed by atoms with Crippen molar-refractivity contribution in [3.05, 3.63) is 28.1 Å². The zero-order valence-electron chi connectivity index (χ0n) is 9.81. The molecule has 2 N–H and O–H groups in total. The van der Waals surface area contributed by atoms with E-state index in [0.29, 0.717) is 5.82 Å². The summed E-state index contributed by atoms with van der Waals surface area (Å²) in [4.78, 5) is 8.15. The van der Waals surface area contributed by atoms with Crippen LogP contribution in [0.25, 0.3) is 5.82 Å². The average Bonchev–Trinajstić information content (AvgIpc) is 2.75. The number of rotatable bonds is 3. The summed E-state index contributed by atoms with van der Waals surface area (Å²) in [6.07, 6.45) is 3.44. The largest absolute Gasteiger partial charge is 0.368 e. The van der Waals surface area contributed by atoms with Crippen LogP contribution in [0.15, 0.2) is 16.7 Å². The van der Waals surface area contributed by atoms with E-state index in [0.717, 1.165) is 28.7 Å². The molecule has 0 bridgehead atoms. The second-order valence-electron chi connectivity index (χ2n) is 3.65. The molecule has 0 radical (unpaired) electrons. The molecule has 0 aromatic carbocycles. The van der Waals surface area contributed by atoms with Crippen molar-refractivity contribution in [1.82, 2.24) is 19.7 Å². The molecule has 2 aromatic heterocycles. The highest BCUT2D eigenvalue weighted by Crippen LogP contribution is 2.20. The predicted molar refractivity (Wildman–Crippen MR) is 70.0 cm³/mol. The van der Waals surface area contributed by atoms with Crippen molar-refractivity contribution in [2.24, 2.45) is 0 Å². The van der Waals surface area contributed by atoms with Crippen LogP contribution in [0.5, 0.6) is 0 Å². The third-order valence-electron chi connectivity index (χ3n) is 2.50. The highest BCUT2D eigenvalue weighted by Gasteiger charge is 2.12. The molecule has 0 fully saturated rings. The van der Waals surface area contributed by atoms with E-state index in [1.165, 1.54) is 0 Å². The van der Waals surface area contributed by atoms with Crippen molar-refractivity contribution in [2.75, 3.05) is 5.73 Å². The Labute approximate surface area is 108 Å². The maximum atomic E-state index is 5.61. The van der Waals surface area contributed by atoms with E-state index < -0.39 is 0 Å². The number of aromatic nitrogens is 4. The van der Waals surface area contributed by atoms with E-state index in [1.807, 2.05) is 4.68 Å². The maximum Gasteiger partial charge on any atom is 0.222 e. The van der Waals surface area contributed by atoms with Crippen LogP contribution in [0, 0.1) is 0 Å². The molecule has 0 atom stereocenters. The zero-order valence-corrected chi connectivity index (χ0v) is 11.4. The van der Waals surface area contributed by atoms with Gasteiger partial charge in [0.2, 0.25) is 5.95 Å². The number of nitrogens with zero attached hydrogens (tertiary/aromatic N) is 4. The minimum Gasteiger partial charge on any atom is -0.368 e. The second kappa shape index (κ2) is 4.83. The van der Waals surface area contributed by atoms with Gasteiger partial charge in [-0.2, -0.15) is 10.1 Å². The van der Waals surface area contributed by atoms with Crippen molar-refractivity contribution in [2.45, 2.75) is 26.7 Å². The van der Waals surface area contributed by atoms with Gasteiger partial charge in [0, 0.05) is 11.9 Å². The molecule has 0 saturated heterocycles. The van der Waals surface area contributed by atoms with Crippen LogP contribution in [0.2, 0.25) is 0 Å². The van der Waals surface area contributed by atoms with Crippen LogP contribution in [-0.4, -0.2) is 19.7 Å². The first kappa shape index (κ1) is 12.0. The van der Waals surface area contributed by atoms with Gasteiger partial charge in [0.15, 0.2) is 5.82 Å². The van der Waals surface area contributed by atoms with Gasteiger partial charge in [-0.15, -0.1) is 0 Å². The summed E-state index contributed by atoms with van der Waals surface area (Å²) in [5.41, 5.74) is 7.77. The molecular formula is C11H14BrN5. The Morgan fingerprint density at radius 1 is 1.35 bits per heavy atom. The Morgan fingerprint density at radius 3 is 2.76 bits per heavy atom. The summed E-state index contributed by atoms with van der Waals surface area (Å²) in [5, 5.41) is 4.51. The van der Waals surface area contributed by atoms with E-state index in [-0.39, 0.29) is 5.95 Å². The third kappa shape index (κ3) is 2.31. The topological polar surface area (TPSA) is 69.6 Å². The van der Waals surface area contributed by atoms with E-state index in [1.54, 1.807) is 6.20 Å². The lowest BCUT2D eigenvalue weighted by Crippen LogP contribution is -2.07. The summed E-state index contributed by atoms with van der Waals surface area (Å²) >= 11 is 3.42. The maximum absolute atomic E-state index is 5.61. The fraction of sp³-hybridized carbons (Fsp3) is 0.364. The molecule has 0 amide bonds. The molecule has 2 rings (SSSR count). The molecule has 5 nitrogen and oxygen atoms in total. The second-order valence-corrected chi connectivity index (χ2v) is 4.50. The first-order valence-electron chi connectivity index (χ1n) is 5.51. The lowest BCUT2D eigenvalue weighted by atomic mass is 10.2. The lowest BCUT2D eigenvalue weighted by Gasteiger charge is -2.07. The van der Waals surface area contributed by atoms with Gasteiger partial charge in [-0.1, -0.05) is 13.8 Å². The van der Waals surface area contributed by atoms with Crippen LogP contribution in [0.3, 0.4) is 0 Å². The number of nitrogen functional groups attached to an aromatic ring is 1. The van der Waals surface area contributed by atoms with Crippen LogP contribution in [0.1, 0.15) is 25.2 Å². The lowest BCUT2D eigenvalue weighted by molar-refractivity contribution is 0.766. The van der Waals surface area contributed by atoms with Crippen molar-refractivity contribution in [3.63, 3.8) is 0 Å². The highest BCUT2D eigenvalue weighted by atomic mass is 79.9. The molecule has 2 aromatic rings. The molecule has 0 aliphatic rings. The molecule has 0 saturated carbocycles.